The van der Waals surface area contributed by atoms with Crippen molar-refractivity contribution in [3.8, 4) is 46.0 Å². The van der Waals surface area contributed by atoms with Gasteiger partial charge in [0.1, 0.15) is 46.0 Å². The standard InChI is InChI=1S/C72H68N4O8/c1-77-61-29-13-53(14-30-61)73(54-15-31-62(78-2)32-16-54)69-45-50-11-12-52-48-71(75(57-21-37-65(81-5)38-22-57)58-23-39-66(82-6)40-24-58)51(47-72(52)76(59-25-41-67(83-7)42-26-59)60-27-43-68(84-8)44-28-60)10-9-49(69)46-70(50)74(55-17-33-63(79-3)34-18-55)56-19-35-64(80-4)36-20-56/h13-48H,9-12H2,1-8H3. The van der Waals surface area contributed by atoms with Crippen molar-refractivity contribution < 1.29 is 37.9 Å². The lowest BCUT2D eigenvalue weighted by Gasteiger charge is -2.35. The summed E-state index contributed by atoms with van der Waals surface area (Å²) in [5, 5.41) is 0. The second-order valence-corrected chi connectivity index (χ2v) is 20.1. The third kappa shape index (κ3) is 11.6. The Kier molecular flexibility index (Phi) is 16.8. The zero-order chi connectivity index (χ0) is 58.1. The molecule has 0 fully saturated rings. The topological polar surface area (TPSA) is 86.8 Å². The number of hydrogen-bond acceptors (Lipinski definition) is 12. The van der Waals surface area contributed by atoms with Crippen LogP contribution in [0.4, 0.5) is 68.2 Å². The molecule has 0 N–H and O–H groups in total. The van der Waals surface area contributed by atoms with Crippen LogP contribution in [0, 0.1) is 0 Å². The summed E-state index contributed by atoms with van der Waals surface area (Å²) in [6.45, 7) is 0. The molecule has 4 aliphatic rings. The average molecular weight is 1120 g/mol. The van der Waals surface area contributed by atoms with Crippen molar-refractivity contribution in [2.24, 2.45) is 0 Å². The Morgan fingerprint density at radius 3 is 0.417 bits per heavy atom. The highest BCUT2D eigenvalue weighted by Crippen LogP contribution is 2.49. The molecule has 12 heteroatoms. The summed E-state index contributed by atoms with van der Waals surface area (Å²) in [5.74, 6) is 6.14. The van der Waals surface area contributed by atoms with E-state index in [0.29, 0.717) is 25.7 Å². The minimum absolute atomic E-state index is 0.612. The van der Waals surface area contributed by atoms with E-state index in [0.717, 1.165) is 136 Å². The number of nitrogens with zero attached hydrogens (tertiary/aromatic N) is 4. The van der Waals surface area contributed by atoms with Gasteiger partial charge < -0.3 is 57.5 Å². The molecule has 0 amide bonds. The van der Waals surface area contributed by atoms with Gasteiger partial charge in [-0.05, 0) is 266 Å². The van der Waals surface area contributed by atoms with E-state index in [1.54, 1.807) is 56.9 Å². The maximum atomic E-state index is 5.74. The first kappa shape index (κ1) is 55.7. The number of ether oxygens (including phenoxy) is 8. The van der Waals surface area contributed by atoms with Crippen LogP contribution < -0.4 is 57.5 Å². The molecule has 10 aromatic rings. The van der Waals surface area contributed by atoms with Crippen LogP contribution in [0.1, 0.15) is 22.3 Å². The highest BCUT2D eigenvalue weighted by Gasteiger charge is 2.29. The van der Waals surface area contributed by atoms with Crippen LogP contribution in [0.25, 0.3) is 0 Å². The highest BCUT2D eigenvalue weighted by atomic mass is 16.5. The summed E-state index contributed by atoms with van der Waals surface area (Å²) >= 11 is 0. The van der Waals surface area contributed by atoms with Crippen molar-refractivity contribution in [1.82, 2.24) is 0 Å². The molecule has 0 radical (unpaired) electrons. The molecule has 0 spiro atoms. The van der Waals surface area contributed by atoms with Crippen molar-refractivity contribution in [3.05, 3.63) is 241 Å². The summed E-state index contributed by atoms with van der Waals surface area (Å²) < 4.78 is 45.9. The lowest BCUT2D eigenvalue weighted by atomic mass is 9.90. The molecule has 0 heterocycles. The van der Waals surface area contributed by atoms with Gasteiger partial charge in [-0.15, -0.1) is 0 Å². The van der Waals surface area contributed by atoms with Crippen molar-refractivity contribution in [1.29, 1.82) is 0 Å². The molecule has 4 aliphatic carbocycles. The molecule has 0 saturated carbocycles. The van der Waals surface area contributed by atoms with Crippen LogP contribution in [-0.2, 0) is 25.7 Å². The van der Waals surface area contributed by atoms with E-state index in [2.05, 4.69) is 141 Å². The smallest absolute Gasteiger partial charge is 0.119 e. The minimum atomic E-state index is 0.612. The van der Waals surface area contributed by atoms with Gasteiger partial charge in [0, 0.05) is 68.2 Å². The molecule has 0 aromatic heterocycles. The largest absolute Gasteiger partial charge is 0.497 e. The lowest BCUT2D eigenvalue weighted by molar-refractivity contribution is 0.414. The molecule has 0 unspecified atom stereocenters. The predicted octanol–water partition coefficient (Wildman–Crippen LogP) is 17.5. The van der Waals surface area contributed by atoms with Crippen molar-refractivity contribution >= 4 is 68.2 Å². The highest BCUT2D eigenvalue weighted by molar-refractivity contribution is 5.88. The SMILES string of the molecule is COc1ccc(N(c2ccc(OC)cc2)c2cc3c(N(c4ccc(OC)cc4)c4ccc(OC)cc4)cc2CCc2cc(N(c4ccc(OC)cc4)c4ccc(OC)cc4)c(cc2N(c2ccc(OC)cc2)c2ccc(OC)cc2)CC3)cc1. The van der Waals surface area contributed by atoms with Gasteiger partial charge in [0.2, 0.25) is 0 Å². The Bertz CT molecular complexity index is 3110. The summed E-state index contributed by atoms with van der Waals surface area (Å²) in [6, 6.07) is 76.0. The molecule has 84 heavy (non-hydrogen) atoms. The molecule has 4 bridgehead atoms. The van der Waals surface area contributed by atoms with Crippen molar-refractivity contribution in [3.63, 3.8) is 0 Å². The van der Waals surface area contributed by atoms with Gasteiger partial charge in [0.15, 0.2) is 0 Å². The molecule has 0 aliphatic heterocycles. The average Bonchev–Trinajstić information content (AvgIpc) is 2.14. The van der Waals surface area contributed by atoms with E-state index in [1.807, 2.05) is 97.1 Å². The van der Waals surface area contributed by atoms with Gasteiger partial charge in [-0.1, -0.05) is 0 Å². The minimum Gasteiger partial charge on any atom is -0.497 e. The van der Waals surface area contributed by atoms with Gasteiger partial charge in [0.05, 0.1) is 56.9 Å². The molecular weight excluding hydrogens is 1050 g/mol. The quantitative estimate of drug-likeness (QED) is 0.0728. The number of hydrogen-bond donors (Lipinski definition) is 0. The van der Waals surface area contributed by atoms with Gasteiger partial charge in [-0.25, -0.2) is 0 Å². The fourth-order valence-corrected chi connectivity index (χ4v) is 11.1. The molecule has 12 nitrogen and oxygen atoms in total. The van der Waals surface area contributed by atoms with E-state index in [1.165, 1.54) is 0 Å². The van der Waals surface area contributed by atoms with Crippen molar-refractivity contribution in [2.45, 2.75) is 25.7 Å². The maximum Gasteiger partial charge on any atom is 0.119 e. The van der Waals surface area contributed by atoms with E-state index in [9.17, 15) is 0 Å². The molecule has 424 valence electrons. The Morgan fingerprint density at radius 2 is 0.310 bits per heavy atom. The van der Waals surface area contributed by atoms with Gasteiger partial charge in [-0.2, -0.15) is 0 Å². The summed E-state index contributed by atoms with van der Waals surface area (Å²) in [5.41, 5.74) is 16.4. The van der Waals surface area contributed by atoms with Gasteiger partial charge >= 0.3 is 0 Å². The molecule has 0 atom stereocenters. The number of aryl methyl sites for hydroxylation is 4. The van der Waals surface area contributed by atoms with Crippen LogP contribution in [0.2, 0.25) is 0 Å². The maximum absolute atomic E-state index is 5.74. The van der Waals surface area contributed by atoms with E-state index < -0.39 is 0 Å². The second kappa shape index (κ2) is 25.3. The number of benzene rings is 10. The number of methoxy groups -OCH3 is 8. The normalized spacial score (nSPS) is 11.6. The first-order chi connectivity index (χ1) is 41.2. The van der Waals surface area contributed by atoms with Crippen LogP contribution in [0.15, 0.2) is 218 Å². The Balaban J connectivity index is 1.21. The number of anilines is 12. The lowest BCUT2D eigenvalue weighted by Crippen LogP contribution is -2.20. The summed E-state index contributed by atoms with van der Waals surface area (Å²) in [7, 11) is 13.6. The summed E-state index contributed by atoms with van der Waals surface area (Å²) in [6.07, 6.45) is 2.45. The second-order valence-electron chi connectivity index (χ2n) is 20.1. The molecule has 14 rings (SSSR count). The predicted molar refractivity (Wildman–Crippen MR) is 339 cm³/mol. The zero-order valence-electron chi connectivity index (χ0n) is 48.7. The first-order valence-electron chi connectivity index (χ1n) is 27.9. The van der Waals surface area contributed by atoms with Gasteiger partial charge in [-0.3, -0.25) is 0 Å². The summed E-state index contributed by atoms with van der Waals surface area (Å²) in [4.78, 5) is 9.45. The van der Waals surface area contributed by atoms with E-state index in [-0.39, 0.29) is 0 Å². The van der Waals surface area contributed by atoms with Gasteiger partial charge in [0.25, 0.3) is 0 Å². The third-order valence-corrected chi connectivity index (χ3v) is 15.5. The Labute approximate surface area is 492 Å². The molecule has 0 saturated heterocycles. The number of rotatable bonds is 20. The fourth-order valence-electron chi connectivity index (χ4n) is 11.1. The van der Waals surface area contributed by atoms with Crippen LogP contribution >= 0.6 is 0 Å². The van der Waals surface area contributed by atoms with Crippen LogP contribution in [0.3, 0.4) is 0 Å². The van der Waals surface area contributed by atoms with Crippen LogP contribution in [-0.4, -0.2) is 56.9 Å². The monoisotopic (exact) mass is 1120 g/mol. The first-order valence-corrected chi connectivity index (χ1v) is 27.9. The van der Waals surface area contributed by atoms with E-state index in [4.69, 9.17) is 37.9 Å². The van der Waals surface area contributed by atoms with Crippen LogP contribution in [0.5, 0.6) is 46.0 Å². The zero-order valence-corrected chi connectivity index (χ0v) is 48.7. The Hall–Kier alpha value is -10.2. The van der Waals surface area contributed by atoms with E-state index >= 15 is 0 Å². The molecule has 10 aromatic carbocycles. The third-order valence-electron chi connectivity index (χ3n) is 15.5. The Morgan fingerprint density at radius 1 is 0.190 bits per heavy atom. The van der Waals surface area contributed by atoms with Crippen molar-refractivity contribution in [2.75, 3.05) is 76.5 Å². The molecular formula is C72H68N4O8. The fraction of sp³-hybridized carbons (Fsp3) is 0.167.